The molecule has 0 aliphatic heterocycles. The van der Waals surface area contributed by atoms with Crippen molar-refractivity contribution in [2.24, 2.45) is 0 Å². The molecule has 5 nitrogen and oxygen atoms in total. The molecular weight excluding hydrogens is 374 g/mol. The fourth-order valence-electron chi connectivity index (χ4n) is 2.97. The maximum atomic E-state index is 12.5. The van der Waals surface area contributed by atoms with E-state index in [2.05, 4.69) is 15.3 Å². The van der Waals surface area contributed by atoms with Gasteiger partial charge in [0, 0.05) is 23.7 Å². The van der Waals surface area contributed by atoms with Crippen LogP contribution in [-0.4, -0.2) is 15.9 Å². The Morgan fingerprint density at radius 1 is 0.900 bits per heavy atom. The van der Waals surface area contributed by atoms with Crippen molar-refractivity contribution in [2.75, 3.05) is 0 Å². The molecule has 148 valence electrons. The van der Waals surface area contributed by atoms with E-state index in [1.807, 2.05) is 61.5 Å². The third kappa shape index (κ3) is 4.89. The van der Waals surface area contributed by atoms with Gasteiger partial charge < -0.3 is 10.1 Å². The molecule has 1 N–H and O–H groups in total. The van der Waals surface area contributed by atoms with Crippen LogP contribution in [0.5, 0.6) is 11.6 Å². The second-order valence-corrected chi connectivity index (χ2v) is 6.91. The van der Waals surface area contributed by atoms with Crippen LogP contribution in [0.3, 0.4) is 0 Å². The van der Waals surface area contributed by atoms with Crippen LogP contribution in [0.4, 0.5) is 0 Å². The second kappa shape index (κ2) is 9.01. The summed E-state index contributed by atoms with van der Waals surface area (Å²) in [6, 6.07) is 26.7. The van der Waals surface area contributed by atoms with Gasteiger partial charge in [-0.05, 0) is 30.7 Å². The summed E-state index contributed by atoms with van der Waals surface area (Å²) in [5.74, 6) is 0.797. The number of hydrogen-bond donors (Lipinski definition) is 1. The van der Waals surface area contributed by atoms with Crippen molar-refractivity contribution < 1.29 is 9.53 Å². The molecule has 4 aromatic rings. The quantitative estimate of drug-likeness (QED) is 0.489. The van der Waals surface area contributed by atoms with E-state index in [0.29, 0.717) is 23.7 Å². The molecule has 0 radical (unpaired) electrons. The van der Waals surface area contributed by atoms with Crippen LogP contribution in [0.15, 0.2) is 91.3 Å². The van der Waals surface area contributed by atoms with Crippen molar-refractivity contribution in [3.05, 3.63) is 108 Å². The summed E-state index contributed by atoms with van der Waals surface area (Å²) in [4.78, 5) is 21.0. The lowest BCUT2D eigenvalue weighted by molar-refractivity contribution is 0.0950. The van der Waals surface area contributed by atoms with Crippen LogP contribution in [0.25, 0.3) is 11.3 Å². The third-order valence-corrected chi connectivity index (χ3v) is 4.60. The van der Waals surface area contributed by atoms with Crippen LogP contribution in [0.2, 0.25) is 0 Å². The Hall–Kier alpha value is -3.99. The molecule has 0 fully saturated rings. The molecule has 0 saturated carbocycles. The van der Waals surface area contributed by atoms with E-state index in [4.69, 9.17) is 4.74 Å². The molecule has 0 spiro atoms. The van der Waals surface area contributed by atoms with E-state index in [1.165, 1.54) is 11.9 Å². The van der Waals surface area contributed by atoms with Crippen molar-refractivity contribution in [1.82, 2.24) is 15.3 Å². The highest BCUT2D eigenvalue weighted by Gasteiger charge is 2.09. The maximum Gasteiger partial charge on any atom is 0.251 e. The molecule has 1 amide bonds. The van der Waals surface area contributed by atoms with Gasteiger partial charge in [-0.25, -0.2) is 9.97 Å². The van der Waals surface area contributed by atoms with Gasteiger partial charge in [-0.3, -0.25) is 4.79 Å². The summed E-state index contributed by atoms with van der Waals surface area (Å²) < 4.78 is 5.88. The van der Waals surface area contributed by atoms with E-state index in [-0.39, 0.29) is 5.91 Å². The van der Waals surface area contributed by atoms with Crippen LogP contribution >= 0.6 is 0 Å². The molecule has 4 rings (SSSR count). The maximum absolute atomic E-state index is 12.5. The van der Waals surface area contributed by atoms with E-state index in [0.717, 1.165) is 16.8 Å². The number of benzene rings is 3. The zero-order valence-electron chi connectivity index (χ0n) is 16.6. The van der Waals surface area contributed by atoms with E-state index < -0.39 is 0 Å². The number of carbonyl (C=O) groups excluding carboxylic acids is 1. The first kappa shape index (κ1) is 19.3. The number of rotatable bonds is 6. The first-order valence-electron chi connectivity index (χ1n) is 9.66. The van der Waals surface area contributed by atoms with Gasteiger partial charge in [-0.15, -0.1) is 0 Å². The van der Waals surface area contributed by atoms with Gasteiger partial charge in [0.1, 0.15) is 12.1 Å². The lowest BCUT2D eigenvalue weighted by Gasteiger charge is -2.09. The van der Waals surface area contributed by atoms with Gasteiger partial charge >= 0.3 is 0 Å². The summed E-state index contributed by atoms with van der Waals surface area (Å²) in [6.07, 6.45) is 1.47. The third-order valence-electron chi connectivity index (χ3n) is 4.60. The molecule has 5 heteroatoms. The average molecular weight is 395 g/mol. The van der Waals surface area contributed by atoms with Gasteiger partial charge in [0.05, 0.1) is 5.69 Å². The minimum Gasteiger partial charge on any atom is -0.439 e. The number of nitrogens with zero attached hydrogens (tertiary/aromatic N) is 2. The van der Waals surface area contributed by atoms with Crippen LogP contribution in [-0.2, 0) is 6.54 Å². The van der Waals surface area contributed by atoms with Crippen molar-refractivity contribution in [1.29, 1.82) is 0 Å². The Labute approximate surface area is 175 Å². The summed E-state index contributed by atoms with van der Waals surface area (Å²) in [6.45, 7) is 2.50. The minimum absolute atomic E-state index is 0.159. The fourth-order valence-corrected chi connectivity index (χ4v) is 2.97. The van der Waals surface area contributed by atoms with Crippen LogP contribution in [0.1, 0.15) is 21.5 Å². The highest BCUT2D eigenvalue weighted by atomic mass is 16.5. The highest BCUT2D eigenvalue weighted by molar-refractivity contribution is 5.94. The molecule has 0 aliphatic rings. The van der Waals surface area contributed by atoms with Crippen LogP contribution < -0.4 is 10.1 Å². The molecule has 1 aromatic heterocycles. The Morgan fingerprint density at radius 3 is 2.50 bits per heavy atom. The first-order chi connectivity index (χ1) is 14.7. The summed E-state index contributed by atoms with van der Waals surface area (Å²) >= 11 is 0. The number of hydrogen-bond acceptors (Lipinski definition) is 4. The molecule has 0 aliphatic carbocycles. The molecule has 0 unspecified atom stereocenters. The van der Waals surface area contributed by atoms with Crippen molar-refractivity contribution in [3.8, 4) is 22.9 Å². The van der Waals surface area contributed by atoms with E-state index in [1.54, 1.807) is 30.3 Å². The Morgan fingerprint density at radius 2 is 1.70 bits per heavy atom. The molecule has 1 heterocycles. The smallest absolute Gasteiger partial charge is 0.251 e. The topological polar surface area (TPSA) is 64.1 Å². The van der Waals surface area contributed by atoms with Crippen molar-refractivity contribution >= 4 is 5.91 Å². The Balaban J connectivity index is 1.44. The minimum atomic E-state index is -0.159. The fraction of sp³-hybridized carbons (Fsp3) is 0.0800. The standard InChI is InChI=1S/C25H21N3O2/c1-18-10-12-19(13-11-18)16-26-25(29)21-8-5-9-22(14-21)30-24-15-23(27-17-28-24)20-6-3-2-4-7-20/h2-15,17H,16H2,1H3,(H,26,29). The number of carbonyl (C=O) groups is 1. The molecule has 0 saturated heterocycles. The highest BCUT2D eigenvalue weighted by Crippen LogP contribution is 2.24. The van der Waals surface area contributed by atoms with Crippen LogP contribution in [0, 0.1) is 6.92 Å². The van der Waals surface area contributed by atoms with Gasteiger partial charge in [-0.2, -0.15) is 0 Å². The summed E-state index contributed by atoms with van der Waals surface area (Å²) in [7, 11) is 0. The zero-order valence-corrected chi connectivity index (χ0v) is 16.6. The van der Waals surface area contributed by atoms with Crippen molar-refractivity contribution in [2.45, 2.75) is 13.5 Å². The first-order valence-corrected chi connectivity index (χ1v) is 9.66. The normalized spacial score (nSPS) is 10.4. The number of nitrogens with one attached hydrogen (secondary N) is 1. The molecule has 30 heavy (non-hydrogen) atoms. The summed E-state index contributed by atoms with van der Waals surface area (Å²) in [5.41, 5.74) is 4.52. The molecule has 3 aromatic carbocycles. The monoisotopic (exact) mass is 395 g/mol. The largest absolute Gasteiger partial charge is 0.439 e. The van der Waals surface area contributed by atoms with Gasteiger partial charge in [0.2, 0.25) is 5.88 Å². The predicted octanol–water partition coefficient (Wildman–Crippen LogP) is 5.17. The number of ether oxygens (including phenoxy) is 1. The lowest BCUT2D eigenvalue weighted by atomic mass is 10.1. The predicted molar refractivity (Wildman–Crippen MR) is 116 cm³/mol. The number of amides is 1. The second-order valence-electron chi connectivity index (χ2n) is 6.91. The SMILES string of the molecule is Cc1ccc(CNC(=O)c2cccc(Oc3cc(-c4ccccc4)ncn3)c2)cc1. The Kier molecular flexibility index (Phi) is 5.80. The van der Waals surface area contributed by atoms with Gasteiger partial charge in [0.25, 0.3) is 5.91 Å². The zero-order chi connectivity index (χ0) is 20.8. The molecular formula is C25H21N3O2. The molecule has 0 bridgehead atoms. The van der Waals surface area contributed by atoms with Crippen molar-refractivity contribution in [3.63, 3.8) is 0 Å². The lowest BCUT2D eigenvalue weighted by Crippen LogP contribution is -2.22. The van der Waals surface area contributed by atoms with Gasteiger partial charge in [0.15, 0.2) is 0 Å². The van der Waals surface area contributed by atoms with E-state index >= 15 is 0 Å². The van der Waals surface area contributed by atoms with E-state index in [9.17, 15) is 4.79 Å². The summed E-state index contributed by atoms with van der Waals surface area (Å²) in [5, 5.41) is 2.94. The average Bonchev–Trinajstić information content (AvgIpc) is 2.79. The number of aromatic nitrogens is 2. The number of aryl methyl sites for hydroxylation is 1. The van der Waals surface area contributed by atoms with Gasteiger partial charge in [-0.1, -0.05) is 66.2 Å². The Bertz CT molecular complexity index is 1140. The molecule has 0 atom stereocenters.